The summed E-state index contributed by atoms with van der Waals surface area (Å²) in [5.41, 5.74) is -2.11. The van der Waals surface area contributed by atoms with Crippen molar-refractivity contribution in [2.75, 3.05) is 13.1 Å². The molecule has 0 spiro atoms. The van der Waals surface area contributed by atoms with E-state index < -0.39 is 27.3 Å². The molecule has 3 unspecified atom stereocenters. The normalized spacial score (nSPS) is 34.4. The lowest BCUT2D eigenvalue weighted by molar-refractivity contribution is -0.137. The minimum absolute atomic E-state index is 0.0506. The van der Waals surface area contributed by atoms with Crippen LogP contribution >= 0.6 is 0 Å². The summed E-state index contributed by atoms with van der Waals surface area (Å²) in [5, 5.41) is 11.0. The standard InChI is InChI=1S/C24H31F3N4O3S/c25-24(26,27)18-3-1-5-20(8-18)35(33,34)30-23-11-16-7-17(12-23)10-22(9-16,15-23)29-14-21(32)31-6-2-4-19(31)13-28/h1,3,5,8,13,16-17,19,28-30H,2,4,6-7,9-12,14-15H2/t16-,17?,19-,22?,23?/m0/s1. The van der Waals surface area contributed by atoms with E-state index in [1.54, 1.807) is 4.90 Å². The van der Waals surface area contributed by atoms with Gasteiger partial charge in [-0.1, -0.05) is 6.07 Å². The third-order valence-corrected chi connectivity index (χ3v) is 9.89. The Labute approximate surface area is 203 Å². The summed E-state index contributed by atoms with van der Waals surface area (Å²) < 4.78 is 68.8. The number of hydrogen-bond donors (Lipinski definition) is 3. The molecule has 4 saturated carbocycles. The van der Waals surface area contributed by atoms with Crippen molar-refractivity contribution in [3.63, 3.8) is 0 Å². The molecule has 35 heavy (non-hydrogen) atoms. The Morgan fingerprint density at radius 2 is 1.86 bits per heavy atom. The molecular formula is C24H31F3N4O3S. The van der Waals surface area contributed by atoms with Crippen molar-refractivity contribution in [2.24, 2.45) is 11.8 Å². The van der Waals surface area contributed by atoms with Crippen molar-refractivity contribution in [1.82, 2.24) is 14.9 Å². The Balaban J connectivity index is 1.33. The van der Waals surface area contributed by atoms with Gasteiger partial charge in [-0.3, -0.25) is 4.79 Å². The van der Waals surface area contributed by atoms with Crippen molar-refractivity contribution < 1.29 is 26.4 Å². The van der Waals surface area contributed by atoms with Gasteiger partial charge in [0.25, 0.3) is 0 Å². The van der Waals surface area contributed by atoms with Gasteiger partial charge in [0.1, 0.15) is 0 Å². The molecule has 1 saturated heterocycles. The fraction of sp³-hybridized carbons (Fsp3) is 0.667. The molecule has 5 fully saturated rings. The first-order valence-corrected chi connectivity index (χ1v) is 13.7. The van der Waals surface area contributed by atoms with Crippen LogP contribution in [0.1, 0.15) is 56.9 Å². The number of nitrogens with one attached hydrogen (secondary N) is 3. The van der Waals surface area contributed by atoms with Crippen LogP contribution in [0.2, 0.25) is 0 Å². The van der Waals surface area contributed by atoms with Gasteiger partial charge in [-0.15, -0.1) is 0 Å². The summed E-state index contributed by atoms with van der Waals surface area (Å²) in [7, 11) is -4.17. The number of carbonyl (C=O) groups is 1. The Morgan fingerprint density at radius 3 is 2.51 bits per heavy atom. The van der Waals surface area contributed by atoms with Crippen molar-refractivity contribution in [1.29, 1.82) is 5.41 Å². The molecule has 6 rings (SSSR count). The first-order valence-electron chi connectivity index (χ1n) is 12.2. The van der Waals surface area contributed by atoms with Crippen LogP contribution in [0.15, 0.2) is 29.2 Å². The van der Waals surface area contributed by atoms with Crippen LogP contribution in [0.3, 0.4) is 0 Å². The molecule has 5 aliphatic rings. The largest absolute Gasteiger partial charge is 0.416 e. The van der Waals surface area contributed by atoms with Gasteiger partial charge >= 0.3 is 6.18 Å². The molecule has 3 N–H and O–H groups in total. The van der Waals surface area contributed by atoms with Crippen molar-refractivity contribution >= 4 is 22.1 Å². The van der Waals surface area contributed by atoms with Gasteiger partial charge in [0.2, 0.25) is 15.9 Å². The topological polar surface area (TPSA) is 102 Å². The third-order valence-electron chi connectivity index (χ3n) is 8.31. The zero-order valence-electron chi connectivity index (χ0n) is 19.4. The average molecular weight is 513 g/mol. The van der Waals surface area contributed by atoms with Gasteiger partial charge in [-0.2, -0.15) is 13.2 Å². The third kappa shape index (κ3) is 4.74. The van der Waals surface area contributed by atoms with Gasteiger partial charge in [-0.05, 0) is 81.4 Å². The summed E-state index contributed by atoms with van der Waals surface area (Å²) in [6.45, 7) is 0.778. The fourth-order valence-corrected chi connectivity index (χ4v) is 8.88. The number of benzene rings is 1. The summed E-state index contributed by atoms with van der Waals surface area (Å²) in [6.07, 6.45) is 2.90. The smallest absolute Gasteiger partial charge is 0.334 e. The maximum Gasteiger partial charge on any atom is 0.416 e. The molecular weight excluding hydrogens is 481 g/mol. The Morgan fingerprint density at radius 1 is 1.17 bits per heavy atom. The van der Waals surface area contributed by atoms with Gasteiger partial charge in [-0.25, -0.2) is 13.1 Å². The maximum atomic E-state index is 13.2. The Hall–Kier alpha value is -1.98. The van der Waals surface area contributed by atoms with Gasteiger partial charge in [0.05, 0.1) is 23.0 Å². The van der Waals surface area contributed by atoms with Crippen LogP contribution in [0.25, 0.3) is 0 Å². The highest BCUT2D eigenvalue weighted by Gasteiger charge is 2.59. The quantitative estimate of drug-likeness (QED) is 0.488. The SMILES string of the molecule is N=C[C@@H]1CCCN1C(=O)CNC12CC3C[C@@H](C1)CC(NS(=O)(=O)c1cccc(C(F)(F)F)c1)(C3)C2. The van der Waals surface area contributed by atoms with E-state index in [1.165, 1.54) is 12.3 Å². The Kier molecular flexibility index (Phi) is 6.04. The maximum absolute atomic E-state index is 13.2. The monoisotopic (exact) mass is 512 g/mol. The molecule has 0 aromatic heterocycles. The second-order valence-electron chi connectivity index (χ2n) is 11.0. The first-order chi connectivity index (χ1) is 16.4. The second kappa shape index (κ2) is 8.55. The number of alkyl halides is 3. The van der Waals surface area contributed by atoms with Crippen LogP contribution in [-0.4, -0.2) is 55.6 Å². The van der Waals surface area contributed by atoms with Crippen LogP contribution in [-0.2, 0) is 21.0 Å². The number of halogens is 3. The lowest BCUT2D eigenvalue weighted by Crippen LogP contribution is -2.69. The summed E-state index contributed by atoms with van der Waals surface area (Å²) in [4.78, 5) is 14.2. The predicted octanol–water partition coefficient (Wildman–Crippen LogP) is 3.31. The first kappa shape index (κ1) is 24.7. The van der Waals surface area contributed by atoms with E-state index in [2.05, 4.69) is 10.0 Å². The number of sulfonamides is 1. The van der Waals surface area contributed by atoms with Crippen molar-refractivity contribution in [2.45, 2.75) is 79.6 Å². The fourth-order valence-electron chi connectivity index (χ4n) is 7.41. The van der Waals surface area contributed by atoms with Gasteiger partial charge in [0.15, 0.2) is 0 Å². The van der Waals surface area contributed by atoms with E-state index in [4.69, 9.17) is 5.41 Å². The molecule has 192 valence electrons. The minimum atomic E-state index is -4.63. The summed E-state index contributed by atoms with van der Waals surface area (Å²) in [5.74, 6) is 0.540. The summed E-state index contributed by atoms with van der Waals surface area (Å²) >= 11 is 0. The number of nitrogens with zero attached hydrogens (tertiary/aromatic N) is 1. The van der Waals surface area contributed by atoms with Crippen LogP contribution in [0.4, 0.5) is 13.2 Å². The van der Waals surface area contributed by atoms with E-state index in [0.29, 0.717) is 43.7 Å². The molecule has 11 heteroatoms. The highest BCUT2D eigenvalue weighted by molar-refractivity contribution is 7.89. The minimum Gasteiger partial charge on any atom is -0.334 e. The lowest BCUT2D eigenvalue weighted by atomic mass is 9.50. The molecule has 1 aromatic rings. The van der Waals surface area contributed by atoms with E-state index >= 15 is 0 Å². The van der Waals surface area contributed by atoms with E-state index in [-0.39, 0.29) is 28.9 Å². The average Bonchev–Trinajstić information content (AvgIpc) is 3.24. The second-order valence-corrected chi connectivity index (χ2v) is 12.7. The number of carbonyl (C=O) groups excluding carboxylic acids is 1. The zero-order valence-corrected chi connectivity index (χ0v) is 20.2. The molecule has 1 heterocycles. The molecule has 4 bridgehead atoms. The molecule has 1 amide bonds. The van der Waals surface area contributed by atoms with Gasteiger partial charge < -0.3 is 15.6 Å². The molecule has 4 aliphatic carbocycles. The van der Waals surface area contributed by atoms with Crippen LogP contribution < -0.4 is 10.0 Å². The molecule has 1 aromatic carbocycles. The molecule has 0 radical (unpaired) electrons. The predicted molar refractivity (Wildman–Crippen MR) is 123 cm³/mol. The highest BCUT2D eigenvalue weighted by Crippen LogP contribution is 2.57. The zero-order chi connectivity index (χ0) is 25.1. The number of rotatable bonds is 7. The molecule has 1 aliphatic heterocycles. The molecule has 7 nitrogen and oxygen atoms in total. The Bertz CT molecular complexity index is 1110. The van der Waals surface area contributed by atoms with E-state index in [1.807, 2.05) is 0 Å². The summed E-state index contributed by atoms with van der Waals surface area (Å²) in [6, 6.07) is 3.70. The van der Waals surface area contributed by atoms with Crippen molar-refractivity contribution in [3.8, 4) is 0 Å². The number of likely N-dealkylation sites (tertiary alicyclic amines) is 1. The lowest BCUT2D eigenvalue weighted by Gasteiger charge is -2.62. The van der Waals surface area contributed by atoms with Crippen LogP contribution in [0.5, 0.6) is 0 Å². The van der Waals surface area contributed by atoms with E-state index in [0.717, 1.165) is 44.2 Å². The van der Waals surface area contributed by atoms with Crippen molar-refractivity contribution in [3.05, 3.63) is 29.8 Å². The van der Waals surface area contributed by atoms with Crippen LogP contribution in [0, 0.1) is 17.2 Å². The van der Waals surface area contributed by atoms with Gasteiger partial charge in [0, 0.05) is 23.8 Å². The van der Waals surface area contributed by atoms with E-state index in [9.17, 15) is 26.4 Å². The highest BCUT2D eigenvalue weighted by atomic mass is 32.2. The number of hydrogen-bond acceptors (Lipinski definition) is 5. The molecule has 5 atom stereocenters. The number of amides is 1.